The second-order valence-corrected chi connectivity index (χ2v) is 16.2. The average Bonchev–Trinajstić information content (AvgIpc) is 3.08. The molecule has 17 nitrogen and oxygen atoms in total. The maximum absolute atomic E-state index is 12.6. The molecule has 0 saturated carbocycles. The van der Waals surface area contributed by atoms with Gasteiger partial charge in [0.1, 0.15) is 61.4 Å². The molecule has 0 atom stereocenters. The first-order valence-corrected chi connectivity index (χ1v) is 19.3. The lowest BCUT2D eigenvalue weighted by Crippen LogP contribution is -2.13. The van der Waals surface area contributed by atoms with Gasteiger partial charge < -0.3 is 29.7 Å². The number of phenolic OH excluding ortho intramolecular Hbond substituents is 2. The molecule has 0 saturated heterocycles. The molecule has 0 aromatic heterocycles. The van der Waals surface area contributed by atoms with Gasteiger partial charge in [-0.05, 0) is 24.3 Å². The number of aromatic hydroxyl groups is 2. The fraction of sp³-hybridized carbons (Fsp3) is 0.267. The highest BCUT2D eigenvalue weighted by atomic mass is 32.2. The quantitative estimate of drug-likeness (QED) is 0.0859. The van der Waals surface area contributed by atoms with Crippen LogP contribution in [0.4, 0.5) is 28.4 Å². The number of benzene rings is 4. The molecule has 4 N–H and O–H groups in total. The van der Waals surface area contributed by atoms with Crippen LogP contribution in [0.2, 0.25) is 0 Å². The molecule has 0 aliphatic rings. The summed E-state index contributed by atoms with van der Waals surface area (Å²) in [4.78, 5) is -0.357. The van der Waals surface area contributed by atoms with E-state index in [0.717, 1.165) is 6.07 Å². The van der Waals surface area contributed by atoms with E-state index < -0.39 is 47.2 Å². The maximum Gasteiger partial charge on any atom is 0.283 e. The van der Waals surface area contributed by atoms with Crippen LogP contribution in [0.15, 0.2) is 78.8 Å². The summed E-state index contributed by atoms with van der Waals surface area (Å²) in [6, 6.07) is 10.3. The Morgan fingerprint density at radius 2 is 1.16 bits per heavy atom. The number of methoxy groups -OCH3 is 3. The second-order valence-electron chi connectivity index (χ2n) is 10.3. The third-order valence-electron chi connectivity index (χ3n) is 7.25. The number of hydrogen-bond acceptors (Lipinski definition) is 16. The molecule has 0 amide bonds. The Kier molecular flexibility index (Phi) is 11.2. The van der Waals surface area contributed by atoms with Crippen molar-refractivity contribution in [2.24, 2.45) is 20.5 Å². The SMILES string of the molecule is CCS(=O)(=O)c1cc(O)c(/N=N/c2ccc3c(/N=N/c4cc(OC)c(S(=O)(=O)CC)cc4OC)c(NCS(=O)(=O)O)ccc3c2O)cc1OC. The molecule has 0 heterocycles. The van der Waals surface area contributed by atoms with Crippen LogP contribution in [0.3, 0.4) is 0 Å². The number of azo groups is 2. The Bertz CT molecular complexity index is 2350. The van der Waals surface area contributed by atoms with Crippen LogP contribution in [0.1, 0.15) is 13.8 Å². The lowest BCUT2D eigenvalue weighted by molar-refractivity contribution is 0.393. The fourth-order valence-electron chi connectivity index (χ4n) is 4.58. The van der Waals surface area contributed by atoms with E-state index in [1.807, 2.05) is 0 Å². The summed E-state index contributed by atoms with van der Waals surface area (Å²) in [6.45, 7) is 2.91. The van der Waals surface area contributed by atoms with E-state index in [2.05, 4.69) is 25.8 Å². The summed E-state index contributed by atoms with van der Waals surface area (Å²) in [7, 11) is -8.12. The Labute approximate surface area is 287 Å². The smallest absolute Gasteiger partial charge is 0.283 e. The number of ether oxygens (including phenoxy) is 3. The molecule has 20 heteroatoms. The van der Waals surface area contributed by atoms with Gasteiger partial charge in [0, 0.05) is 35.0 Å². The largest absolute Gasteiger partial charge is 0.506 e. The molecular formula is C30H33N5O12S3. The normalized spacial score (nSPS) is 12.5. The summed E-state index contributed by atoms with van der Waals surface area (Å²) in [5.41, 5.74) is -0.131. The highest BCUT2D eigenvalue weighted by Gasteiger charge is 2.23. The zero-order valence-corrected chi connectivity index (χ0v) is 29.7. The fourth-order valence-corrected chi connectivity index (χ4v) is 7.02. The van der Waals surface area contributed by atoms with Gasteiger partial charge in [0.05, 0.1) is 38.5 Å². The molecular weight excluding hydrogens is 719 g/mol. The molecule has 0 aliphatic carbocycles. The van der Waals surface area contributed by atoms with Gasteiger partial charge >= 0.3 is 0 Å². The third kappa shape index (κ3) is 8.04. The second kappa shape index (κ2) is 14.8. The predicted molar refractivity (Wildman–Crippen MR) is 184 cm³/mol. The molecule has 0 spiro atoms. The summed E-state index contributed by atoms with van der Waals surface area (Å²) >= 11 is 0. The standard InChI is InChI=1S/C30H33N5O12S3/c1-6-48(38,39)27-14-23(36)21(12-25(27)46-4)33-32-20-11-8-17-18(30(20)37)9-10-19(31-16-50(42,43)44)29(17)35-34-22-13-26(47-5)28(15-24(22)45-3)49(40,41)7-2/h8-15,31,36-37H,6-7,16H2,1-5H3,(H,42,43,44)/b33-32+,35-34+. The Hall–Kier alpha value is -5.05. The number of fused-ring (bicyclic) bond motifs is 1. The van der Waals surface area contributed by atoms with Crippen LogP contribution in [-0.2, 0) is 29.8 Å². The van der Waals surface area contributed by atoms with Crippen LogP contribution in [0.5, 0.6) is 28.7 Å². The highest BCUT2D eigenvalue weighted by molar-refractivity contribution is 7.91. The number of nitrogens with one attached hydrogen (secondary N) is 1. The van der Waals surface area contributed by atoms with Crippen molar-refractivity contribution in [3.63, 3.8) is 0 Å². The van der Waals surface area contributed by atoms with Crippen molar-refractivity contribution in [1.82, 2.24) is 0 Å². The topological polar surface area (TPSA) is 252 Å². The van der Waals surface area contributed by atoms with Gasteiger partial charge in [-0.15, -0.1) is 20.5 Å². The van der Waals surface area contributed by atoms with Crippen molar-refractivity contribution < 1.29 is 54.2 Å². The van der Waals surface area contributed by atoms with E-state index in [9.17, 15) is 40.0 Å². The minimum absolute atomic E-state index is 0.00804. The highest BCUT2D eigenvalue weighted by Crippen LogP contribution is 2.45. The van der Waals surface area contributed by atoms with Gasteiger partial charge in [0.15, 0.2) is 25.4 Å². The summed E-state index contributed by atoms with van der Waals surface area (Å²) in [5.74, 6) is -2.33. The first kappa shape index (κ1) is 37.8. The van der Waals surface area contributed by atoms with E-state index in [0.29, 0.717) is 0 Å². The molecule has 0 aliphatic heterocycles. The summed E-state index contributed by atoms with van der Waals surface area (Å²) < 4.78 is 98.3. The van der Waals surface area contributed by atoms with Gasteiger partial charge in [-0.25, -0.2) is 16.8 Å². The van der Waals surface area contributed by atoms with Crippen molar-refractivity contribution in [3.05, 3.63) is 48.5 Å². The molecule has 4 aromatic carbocycles. The molecule has 0 bridgehead atoms. The van der Waals surface area contributed by atoms with Crippen LogP contribution in [0.25, 0.3) is 10.8 Å². The average molecular weight is 752 g/mol. The van der Waals surface area contributed by atoms with Gasteiger partial charge in [0.2, 0.25) is 0 Å². The first-order chi connectivity index (χ1) is 23.5. The van der Waals surface area contributed by atoms with E-state index in [-0.39, 0.29) is 77.8 Å². The molecule has 0 unspecified atom stereocenters. The molecule has 4 aromatic rings. The van der Waals surface area contributed by atoms with Crippen LogP contribution in [-0.4, -0.2) is 78.7 Å². The van der Waals surface area contributed by atoms with Crippen molar-refractivity contribution in [2.45, 2.75) is 23.6 Å². The van der Waals surface area contributed by atoms with E-state index in [4.69, 9.17) is 14.2 Å². The van der Waals surface area contributed by atoms with E-state index in [1.165, 1.54) is 77.6 Å². The van der Waals surface area contributed by atoms with Gasteiger partial charge in [-0.2, -0.15) is 8.42 Å². The zero-order valence-electron chi connectivity index (χ0n) is 27.3. The molecule has 4 rings (SSSR count). The molecule has 0 fully saturated rings. The number of sulfone groups is 2. The lowest BCUT2D eigenvalue weighted by Gasteiger charge is -2.13. The van der Waals surface area contributed by atoms with Crippen LogP contribution in [0, 0.1) is 0 Å². The van der Waals surface area contributed by atoms with Crippen molar-refractivity contribution in [1.29, 1.82) is 0 Å². The minimum atomic E-state index is -4.49. The molecule has 50 heavy (non-hydrogen) atoms. The number of hydrogen-bond donors (Lipinski definition) is 4. The number of nitrogens with zero attached hydrogens (tertiary/aromatic N) is 4. The zero-order chi connectivity index (χ0) is 37.0. The van der Waals surface area contributed by atoms with Gasteiger partial charge in [-0.1, -0.05) is 13.8 Å². The number of anilines is 1. The minimum Gasteiger partial charge on any atom is -0.506 e. The van der Waals surface area contributed by atoms with Crippen LogP contribution < -0.4 is 19.5 Å². The summed E-state index contributed by atoms with van der Waals surface area (Å²) in [6.07, 6.45) is 0. The Morgan fingerprint density at radius 1 is 0.640 bits per heavy atom. The molecule has 268 valence electrons. The Morgan fingerprint density at radius 3 is 1.72 bits per heavy atom. The van der Waals surface area contributed by atoms with Crippen molar-refractivity contribution in [3.8, 4) is 28.7 Å². The number of rotatable bonds is 14. The van der Waals surface area contributed by atoms with Gasteiger partial charge in [0.25, 0.3) is 10.1 Å². The van der Waals surface area contributed by atoms with Crippen LogP contribution >= 0.6 is 0 Å². The van der Waals surface area contributed by atoms with Gasteiger partial charge in [-0.3, -0.25) is 4.55 Å². The maximum atomic E-state index is 12.6. The third-order valence-corrected chi connectivity index (χ3v) is 11.3. The Balaban J connectivity index is 1.85. The molecule has 0 radical (unpaired) electrons. The predicted octanol–water partition coefficient (Wildman–Crippen LogP) is 5.95. The number of phenols is 2. The van der Waals surface area contributed by atoms with E-state index in [1.54, 1.807) is 0 Å². The first-order valence-electron chi connectivity index (χ1n) is 14.4. The summed E-state index contributed by atoms with van der Waals surface area (Å²) in [5, 5.41) is 41.0. The lowest BCUT2D eigenvalue weighted by atomic mass is 10.1. The van der Waals surface area contributed by atoms with Crippen molar-refractivity contribution in [2.75, 3.05) is 44.0 Å². The van der Waals surface area contributed by atoms with E-state index >= 15 is 0 Å². The van der Waals surface area contributed by atoms with Crippen molar-refractivity contribution >= 4 is 69.0 Å². The monoisotopic (exact) mass is 751 g/mol.